The third kappa shape index (κ3) is 2.76. The van der Waals surface area contributed by atoms with Crippen LogP contribution in [0.5, 0.6) is 5.75 Å². The number of nitrogens with zero attached hydrogens (tertiary/aromatic N) is 1. The Morgan fingerprint density at radius 3 is 2.36 bits per heavy atom. The SMILES string of the molecule is CC(C)C1=C[C@]23CC[C@@H]4[C@@](C)(CCC[C@]4(C)C(=O)O)[C@@H]2C[C@@H]1[C@@H]1C(=O)N(c2ccc(O)cc2)C(=O)[C@@H]13. The number of aliphatic carboxylic acids is 1. The second-order valence-electron chi connectivity index (χ2n) is 13.0. The summed E-state index contributed by atoms with van der Waals surface area (Å²) in [5, 5.41) is 20.0. The predicted octanol–water partition coefficient (Wildman–Crippen LogP) is 5.41. The van der Waals surface area contributed by atoms with Crippen molar-refractivity contribution in [3.8, 4) is 5.75 Å². The molecule has 2 N–H and O–H groups in total. The molecule has 36 heavy (non-hydrogen) atoms. The Balaban J connectivity index is 1.49. The van der Waals surface area contributed by atoms with E-state index >= 15 is 0 Å². The average molecular weight is 492 g/mol. The maximum absolute atomic E-state index is 14.2. The van der Waals surface area contributed by atoms with E-state index in [1.54, 1.807) is 12.1 Å². The zero-order chi connectivity index (χ0) is 25.8. The van der Waals surface area contributed by atoms with Gasteiger partial charge in [-0.25, -0.2) is 0 Å². The van der Waals surface area contributed by atoms with Gasteiger partial charge in [0.1, 0.15) is 5.75 Å². The number of hydrogen-bond donors (Lipinski definition) is 2. The highest BCUT2D eigenvalue weighted by Crippen LogP contribution is 2.74. The fraction of sp³-hybridized carbons (Fsp3) is 0.633. The van der Waals surface area contributed by atoms with Crippen molar-refractivity contribution in [3.63, 3.8) is 0 Å². The molecule has 3 saturated carbocycles. The predicted molar refractivity (Wildman–Crippen MR) is 135 cm³/mol. The number of carbonyl (C=O) groups excluding carboxylic acids is 2. The molecule has 6 nitrogen and oxygen atoms in total. The average Bonchev–Trinajstić information content (AvgIpc) is 3.11. The second-order valence-corrected chi connectivity index (χ2v) is 13.0. The number of amides is 2. The fourth-order valence-corrected chi connectivity index (χ4v) is 9.81. The minimum atomic E-state index is -0.747. The molecule has 1 aromatic carbocycles. The highest BCUT2D eigenvalue weighted by Gasteiger charge is 2.73. The van der Waals surface area contributed by atoms with Crippen molar-refractivity contribution in [3.05, 3.63) is 35.9 Å². The van der Waals surface area contributed by atoms with E-state index < -0.39 is 22.7 Å². The number of carboxylic acids is 1. The lowest BCUT2D eigenvalue weighted by molar-refractivity contribution is -0.194. The molecular weight excluding hydrogens is 454 g/mol. The van der Waals surface area contributed by atoms with Crippen LogP contribution in [-0.2, 0) is 14.4 Å². The Hall–Kier alpha value is -2.63. The normalized spacial score (nSPS) is 43.2. The quantitative estimate of drug-likeness (QED) is 0.436. The lowest BCUT2D eigenvalue weighted by Crippen LogP contribution is -2.65. The molecule has 8 atom stereocenters. The van der Waals surface area contributed by atoms with Crippen LogP contribution < -0.4 is 4.90 Å². The number of aromatic hydroxyl groups is 1. The topological polar surface area (TPSA) is 94.9 Å². The van der Waals surface area contributed by atoms with Crippen molar-refractivity contribution in [1.29, 1.82) is 0 Å². The molecule has 2 amide bonds. The van der Waals surface area contributed by atoms with Crippen LogP contribution in [-0.4, -0.2) is 28.0 Å². The molecule has 6 heteroatoms. The van der Waals surface area contributed by atoms with Crippen LogP contribution in [0.2, 0.25) is 0 Å². The van der Waals surface area contributed by atoms with Crippen molar-refractivity contribution in [2.75, 3.05) is 4.90 Å². The second kappa shape index (κ2) is 7.45. The monoisotopic (exact) mass is 491 g/mol. The van der Waals surface area contributed by atoms with Gasteiger partial charge in [-0.1, -0.05) is 38.8 Å². The van der Waals surface area contributed by atoms with Gasteiger partial charge in [0.25, 0.3) is 0 Å². The van der Waals surface area contributed by atoms with Gasteiger partial charge in [-0.15, -0.1) is 0 Å². The van der Waals surface area contributed by atoms with E-state index in [9.17, 15) is 24.6 Å². The van der Waals surface area contributed by atoms with Gasteiger partial charge in [0.2, 0.25) is 11.8 Å². The fourth-order valence-electron chi connectivity index (χ4n) is 9.81. The van der Waals surface area contributed by atoms with Crippen LogP contribution in [0, 0.1) is 51.8 Å². The molecule has 2 bridgehead atoms. The molecule has 0 radical (unpaired) electrons. The molecular formula is C30H37NO5. The molecule has 1 saturated heterocycles. The molecule has 0 aromatic heterocycles. The number of carboxylic acid groups (broad SMARTS) is 1. The van der Waals surface area contributed by atoms with Gasteiger partial charge in [0.15, 0.2) is 0 Å². The van der Waals surface area contributed by atoms with Crippen molar-refractivity contribution >= 4 is 23.5 Å². The molecule has 4 fully saturated rings. The molecule has 1 aliphatic heterocycles. The maximum Gasteiger partial charge on any atom is 0.309 e. The standard InChI is InChI=1S/C30H37NO5/c1-16(2)20-15-30-13-10-21-28(3,11-5-12-29(21,4)27(35)36)22(30)14-19(20)23-24(30)26(34)31(25(23)33)17-6-8-18(32)9-7-17/h6-9,15-16,19,21-24,32H,5,10-14H2,1-4H3,(H,35,36)/t19-,21+,22-,23-,24+,28+,29-,30+/m0/s1. The third-order valence-corrected chi connectivity index (χ3v) is 11.3. The Morgan fingerprint density at radius 1 is 1.03 bits per heavy atom. The van der Waals surface area contributed by atoms with E-state index in [1.165, 1.54) is 22.6 Å². The van der Waals surface area contributed by atoms with Crippen LogP contribution >= 0.6 is 0 Å². The summed E-state index contributed by atoms with van der Waals surface area (Å²) < 4.78 is 0. The maximum atomic E-state index is 14.2. The highest BCUT2D eigenvalue weighted by atomic mass is 16.4. The molecule has 1 heterocycles. The zero-order valence-corrected chi connectivity index (χ0v) is 21.7. The summed E-state index contributed by atoms with van der Waals surface area (Å²) in [6, 6.07) is 6.33. The van der Waals surface area contributed by atoms with Gasteiger partial charge in [-0.2, -0.15) is 0 Å². The minimum absolute atomic E-state index is 0.00836. The Bertz CT molecular complexity index is 1190. The molecule has 7 rings (SSSR count). The summed E-state index contributed by atoms with van der Waals surface area (Å²) in [7, 11) is 0. The third-order valence-electron chi connectivity index (χ3n) is 11.3. The van der Waals surface area contributed by atoms with Crippen LogP contribution in [0.1, 0.15) is 66.2 Å². The van der Waals surface area contributed by atoms with Crippen molar-refractivity contribution in [1.82, 2.24) is 0 Å². The van der Waals surface area contributed by atoms with E-state index in [2.05, 4.69) is 26.8 Å². The van der Waals surface area contributed by atoms with Crippen LogP contribution in [0.3, 0.4) is 0 Å². The van der Waals surface area contributed by atoms with E-state index in [4.69, 9.17) is 0 Å². The van der Waals surface area contributed by atoms with Crippen LogP contribution in [0.25, 0.3) is 0 Å². The summed E-state index contributed by atoms with van der Waals surface area (Å²) >= 11 is 0. The van der Waals surface area contributed by atoms with Gasteiger partial charge in [0, 0.05) is 5.41 Å². The summed E-state index contributed by atoms with van der Waals surface area (Å²) in [6.07, 6.45) is 7.35. The van der Waals surface area contributed by atoms with Gasteiger partial charge >= 0.3 is 5.97 Å². The number of allylic oxidation sites excluding steroid dienone is 2. The molecule has 192 valence electrons. The first-order chi connectivity index (χ1) is 17.0. The molecule has 5 aliphatic carbocycles. The van der Waals surface area contributed by atoms with Gasteiger partial charge < -0.3 is 10.2 Å². The lowest BCUT2D eigenvalue weighted by atomic mass is 9.34. The minimum Gasteiger partial charge on any atom is -0.508 e. The number of hydrogen-bond acceptors (Lipinski definition) is 4. The number of phenols is 1. The number of imide groups is 1. The first-order valence-electron chi connectivity index (χ1n) is 13.6. The van der Waals surface area contributed by atoms with Crippen LogP contribution in [0.4, 0.5) is 5.69 Å². The Morgan fingerprint density at radius 2 is 1.72 bits per heavy atom. The summed E-state index contributed by atoms with van der Waals surface area (Å²) in [5.41, 5.74) is 0.482. The Labute approximate surface area is 212 Å². The van der Waals surface area contributed by atoms with Gasteiger partial charge in [0.05, 0.1) is 22.9 Å². The van der Waals surface area contributed by atoms with E-state index in [0.29, 0.717) is 18.0 Å². The summed E-state index contributed by atoms with van der Waals surface area (Å²) in [5.74, 6) is -1.04. The molecule has 0 unspecified atom stereocenters. The van der Waals surface area contributed by atoms with Crippen LogP contribution in [0.15, 0.2) is 35.9 Å². The zero-order valence-electron chi connectivity index (χ0n) is 21.7. The number of fused-ring (bicyclic) bond motifs is 1. The number of rotatable bonds is 3. The van der Waals surface area contributed by atoms with E-state index in [-0.39, 0.29) is 46.7 Å². The first-order valence-corrected chi connectivity index (χ1v) is 13.6. The number of phenolic OH excluding ortho intramolecular Hbond substituents is 1. The van der Waals surface area contributed by atoms with Crippen molar-refractivity contribution in [2.45, 2.75) is 66.2 Å². The van der Waals surface area contributed by atoms with E-state index in [0.717, 1.165) is 32.1 Å². The number of benzene rings is 1. The van der Waals surface area contributed by atoms with Gasteiger partial charge in [-0.05, 0) is 92.4 Å². The van der Waals surface area contributed by atoms with Gasteiger partial charge in [-0.3, -0.25) is 19.3 Å². The number of anilines is 1. The molecule has 1 aromatic rings. The molecule has 1 spiro atoms. The molecule has 6 aliphatic rings. The first kappa shape index (κ1) is 23.7. The largest absolute Gasteiger partial charge is 0.508 e. The smallest absolute Gasteiger partial charge is 0.309 e. The van der Waals surface area contributed by atoms with Crippen molar-refractivity contribution < 1.29 is 24.6 Å². The Kier molecular flexibility index (Phi) is 4.92. The summed E-state index contributed by atoms with van der Waals surface area (Å²) in [6.45, 7) is 8.59. The van der Waals surface area contributed by atoms with Crippen molar-refractivity contribution in [2.24, 2.45) is 51.8 Å². The number of carbonyl (C=O) groups is 3. The lowest BCUT2D eigenvalue weighted by Gasteiger charge is -2.68. The summed E-state index contributed by atoms with van der Waals surface area (Å²) in [4.78, 5) is 42.0. The van der Waals surface area contributed by atoms with E-state index in [1.807, 2.05) is 6.92 Å². The highest BCUT2D eigenvalue weighted by molar-refractivity contribution is 6.23.